The average Bonchev–Trinajstić information content (AvgIpc) is 2.60. The third kappa shape index (κ3) is 5.01. The van der Waals surface area contributed by atoms with Crippen molar-refractivity contribution < 1.29 is 9.72 Å². The normalized spacial score (nSPS) is 12.1. The molecule has 0 bridgehead atoms. The van der Waals surface area contributed by atoms with Gasteiger partial charge in [-0.25, -0.2) is 0 Å². The molecule has 0 unspecified atom stereocenters. The molecule has 1 atom stereocenters. The van der Waals surface area contributed by atoms with E-state index in [1.807, 2.05) is 13.0 Å². The maximum atomic E-state index is 12.2. The highest BCUT2D eigenvalue weighted by atomic mass is 16.6. The molecule has 0 fully saturated rings. The lowest BCUT2D eigenvalue weighted by Gasteiger charge is -2.17. The Balaban J connectivity index is 2.08. The van der Waals surface area contributed by atoms with Gasteiger partial charge in [0, 0.05) is 18.2 Å². The summed E-state index contributed by atoms with van der Waals surface area (Å²) in [4.78, 5) is 22.5. The summed E-state index contributed by atoms with van der Waals surface area (Å²) in [5.74, 6) is -0.225. The van der Waals surface area contributed by atoms with Crippen molar-refractivity contribution in [3.8, 4) is 0 Å². The van der Waals surface area contributed by atoms with Crippen LogP contribution in [-0.4, -0.2) is 10.8 Å². The predicted octanol–water partition coefficient (Wildman–Crippen LogP) is 4.49. The van der Waals surface area contributed by atoms with Crippen molar-refractivity contribution in [2.45, 2.75) is 33.2 Å². The minimum absolute atomic E-state index is 0.00382. The summed E-state index contributed by atoms with van der Waals surface area (Å²) in [6, 6.07) is 12.3. The van der Waals surface area contributed by atoms with Gasteiger partial charge in [-0.15, -0.1) is 0 Å². The molecule has 0 aromatic heterocycles. The number of rotatable bonds is 6. The van der Waals surface area contributed by atoms with Gasteiger partial charge in [-0.3, -0.25) is 14.9 Å². The smallest absolute Gasteiger partial charge is 0.270 e. The molecule has 0 radical (unpaired) electrons. The van der Waals surface area contributed by atoms with E-state index in [0.717, 1.165) is 12.0 Å². The molecule has 5 heteroatoms. The average molecular weight is 338 g/mol. The summed E-state index contributed by atoms with van der Waals surface area (Å²) >= 11 is 0. The van der Waals surface area contributed by atoms with Crippen molar-refractivity contribution in [1.29, 1.82) is 0 Å². The van der Waals surface area contributed by atoms with Gasteiger partial charge in [0.2, 0.25) is 5.91 Å². The first kappa shape index (κ1) is 18.4. The lowest BCUT2D eigenvalue weighted by atomic mass is 9.99. The van der Waals surface area contributed by atoms with Gasteiger partial charge in [-0.1, -0.05) is 37.3 Å². The molecule has 130 valence electrons. The van der Waals surface area contributed by atoms with Crippen LogP contribution in [0.2, 0.25) is 0 Å². The molecule has 2 rings (SSSR count). The molecular weight excluding hydrogens is 316 g/mol. The van der Waals surface area contributed by atoms with Gasteiger partial charge in [-0.2, -0.15) is 0 Å². The van der Waals surface area contributed by atoms with Gasteiger partial charge >= 0.3 is 0 Å². The Hall–Kier alpha value is -2.95. The number of non-ortho nitro benzene ring substituents is 1. The van der Waals surface area contributed by atoms with E-state index >= 15 is 0 Å². The molecule has 0 spiro atoms. The molecule has 0 aliphatic rings. The van der Waals surface area contributed by atoms with Crippen molar-refractivity contribution in [3.63, 3.8) is 0 Å². The predicted molar refractivity (Wildman–Crippen MR) is 99.2 cm³/mol. The fourth-order valence-corrected chi connectivity index (χ4v) is 2.54. The number of amides is 1. The highest BCUT2D eigenvalue weighted by Crippen LogP contribution is 2.20. The Morgan fingerprint density at radius 3 is 2.60 bits per heavy atom. The molecule has 1 amide bonds. The topological polar surface area (TPSA) is 72.2 Å². The zero-order valence-electron chi connectivity index (χ0n) is 14.7. The maximum Gasteiger partial charge on any atom is 0.270 e. The first-order chi connectivity index (χ1) is 11.9. The van der Waals surface area contributed by atoms with Gasteiger partial charge in [0.05, 0.1) is 11.0 Å². The van der Waals surface area contributed by atoms with Crippen LogP contribution in [0.1, 0.15) is 41.6 Å². The van der Waals surface area contributed by atoms with Crippen molar-refractivity contribution >= 4 is 17.7 Å². The Labute approximate surface area is 147 Å². The second-order valence-electron chi connectivity index (χ2n) is 6.00. The lowest BCUT2D eigenvalue weighted by molar-refractivity contribution is -0.384. The molecule has 0 saturated carbocycles. The van der Waals surface area contributed by atoms with Gasteiger partial charge in [0.25, 0.3) is 5.69 Å². The fraction of sp³-hybridized carbons (Fsp3) is 0.250. The largest absolute Gasteiger partial charge is 0.346 e. The third-order valence-corrected chi connectivity index (χ3v) is 4.17. The monoisotopic (exact) mass is 338 g/mol. The maximum absolute atomic E-state index is 12.2. The van der Waals surface area contributed by atoms with Gasteiger partial charge < -0.3 is 5.32 Å². The fourth-order valence-electron chi connectivity index (χ4n) is 2.54. The number of carbonyl (C=O) groups excluding carboxylic acids is 1. The van der Waals surface area contributed by atoms with E-state index < -0.39 is 4.92 Å². The van der Waals surface area contributed by atoms with E-state index in [9.17, 15) is 14.9 Å². The number of nitrogens with one attached hydrogen (secondary N) is 1. The Kier molecular flexibility index (Phi) is 6.06. The third-order valence-electron chi connectivity index (χ3n) is 4.17. The van der Waals surface area contributed by atoms with E-state index in [4.69, 9.17) is 0 Å². The van der Waals surface area contributed by atoms with Crippen LogP contribution in [0.15, 0.2) is 48.5 Å². The SMILES string of the molecule is CC[C@@H](NC(=O)/C=C/c1cccc([N+](=O)[O-])c1)c1ccc(C)c(C)c1. The molecular formula is C20H22N2O3. The standard InChI is InChI=1S/C20H22N2O3/c1-4-19(17-10-8-14(2)15(3)12-17)21-20(23)11-9-16-6-5-7-18(13-16)22(24)25/h5-13,19H,4H2,1-3H3,(H,21,23)/b11-9+/t19-/m1/s1. The van der Waals surface area contributed by atoms with Gasteiger partial charge in [-0.05, 0) is 48.6 Å². The quantitative estimate of drug-likeness (QED) is 0.479. The van der Waals surface area contributed by atoms with Crippen LogP contribution in [-0.2, 0) is 4.79 Å². The summed E-state index contributed by atoms with van der Waals surface area (Å²) in [5, 5.41) is 13.8. The zero-order valence-corrected chi connectivity index (χ0v) is 14.7. The van der Waals surface area contributed by atoms with Crippen molar-refractivity contribution in [1.82, 2.24) is 5.32 Å². The molecule has 2 aromatic rings. The Morgan fingerprint density at radius 2 is 1.96 bits per heavy atom. The number of aryl methyl sites for hydroxylation is 2. The second-order valence-corrected chi connectivity index (χ2v) is 6.00. The lowest BCUT2D eigenvalue weighted by Crippen LogP contribution is -2.26. The highest BCUT2D eigenvalue weighted by Gasteiger charge is 2.12. The van der Waals surface area contributed by atoms with Crippen LogP contribution < -0.4 is 5.32 Å². The summed E-state index contributed by atoms with van der Waals surface area (Å²) < 4.78 is 0. The number of nitro groups is 1. The van der Waals surface area contributed by atoms with Crippen LogP contribution >= 0.6 is 0 Å². The molecule has 1 N–H and O–H groups in total. The second kappa shape index (κ2) is 8.24. The summed E-state index contributed by atoms with van der Waals surface area (Å²) in [5.41, 5.74) is 4.10. The minimum atomic E-state index is -0.454. The summed E-state index contributed by atoms with van der Waals surface area (Å²) in [6.07, 6.45) is 3.76. The first-order valence-electron chi connectivity index (χ1n) is 8.21. The molecule has 5 nitrogen and oxygen atoms in total. The van der Waals surface area contributed by atoms with Crippen molar-refractivity contribution in [3.05, 3.63) is 80.9 Å². The van der Waals surface area contributed by atoms with Crippen LogP contribution in [0, 0.1) is 24.0 Å². The molecule has 0 saturated heterocycles. The van der Waals surface area contributed by atoms with Crippen LogP contribution in [0.25, 0.3) is 6.08 Å². The molecule has 25 heavy (non-hydrogen) atoms. The number of carbonyl (C=O) groups is 1. The number of hydrogen-bond acceptors (Lipinski definition) is 3. The van der Waals surface area contributed by atoms with E-state index in [1.165, 1.54) is 29.3 Å². The van der Waals surface area contributed by atoms with E-state index in [0.29, 0.717) is 5.56 Å². The molecule has 2 aromatic carbocycles. The van der Waals surface area contributed by atoms with Crippen molar-refractivity contribution in [2.24, 2.45) is 0 Å². The zero-order chi connectivity index (χ0) is 18.4. The van der Waals surface area contributed by atoms with Crippen molar-refractivity contribution in [2.75, 3.05) is 0 Å². The Bertz CT molecular complexity index is 812. The first-order valence-corrected chi connectivity index (χ1v) is 8.21. The highest BCUT2D eigenvalue weighted by molar-refractivity contribution is 5.92. The van der Waals surface area contributed by atoms with Crippen LogP contribution in [0.3, 0.4) is 0 Å². The summed E-state index contributed by atoms with van der Waals surface area (Å²) in [7, 11) is 0. The summed E-state index contributed by atoms with van der Waals surface area (Å²) in [6.45, 7) is 6.13. The van der Waals surface area contributed by atoms with Gasteiger partial charge in [0.15, 0.2) is 0 Å². The van der Waals surface area contributed by atoms with Crippen LogP contribution in [0.5, 0.6) is 0 Å². The number of benzene rings is 2. The van der Waals surface area contributed by atoms with Gasteiger partial charge in [0.1, 0.15) is 0 Å². The number of nitrogens with zero attached hydrogens (tertiary/aromatic N) is 1. The minimum Gasteiger partial charge on any atom is -0.346 e. The number of nitro benzene ring substituents is 1. The van der Waals surface area contributed by atoms with E-state index in [2.05, 4.69) is 31.3 Å². The molecule has 0 aliphatic carbocycles. The number of hydrogen-bond donors (Lipinski definition) is 1. The van der Waals surface area contributed by atoms with E-state index in [-0.39, 0.29) is 17.6 Å². The molecule has 0 aliphatic heterocycles. The van der Waals surface area contributed by atoms with Crippen LogP contribution in [0.4, 0.5) is 5.69 Å². The van der Waals surface area contributed by atoms with E-state index in [1.54, 1.807) is 18.2 Å². The molecule has 0 heterocycles. The Morgan fingerprint density at radius 1 is 1.20 bits per heavy atom.